The van der Waals surface area contributed by atoms with E-state index in [9.17, 15) is 19.5 Å². The van der Waals surface area contributed by atoms with Crippen LogP contribution in [0.3, 0.4) is 0 Å². The molecule has 3 aromatic rings. The number of para-hydroxylation sites is 1. The van der Waals surface area contributed by atoms with Gasteiger partial charge in [0.15, 0.2) is 0 Å². The fourth-order valence-corrected chi connectivity index (χ4v) is 3.20. The third kappa shape index (κ3) is 6.00. The van der Waals surface area contributed by atoms with E-state index in [0.717, 1.165) is 0 Å². The highest BCUT2D eigenvalue weighted by molar-refractivity contribution is 5.94. The maximum Gasteiger partial charge on any atom is 0.407 e. The number of amides is 1. The van der Waals surface area contributed by atoms with E-state index in [-0.39, 0.29) is 34.3 Å². The van der Waals surface area contributed by atoms with Gasteiger partial charge in [0.25, 0.3) is 0 Å². The summed E-state index contributed by atoms with van der Waals surface area (Å²) in [5.41, 5.74) is -0.365. The lowest BCUT2D eigenvalue weighted by atomic mass is 10.1. The first kappa shape index (κ1) is 23.1. The number of fused-ring (bicyclic) bond motifs is 2. The summed E-state index contributed by atoms with van der Waals surface area (Å²) in [6, 6.07) is 9.39. The molecular formula is C24H27NO7. The second-order valence-corrected chi connectivity index (χ2v) is 8.46. The highest BCUT2D eigenvalue weighted by atomic mass is 16.6. The summed E-state index contributed by atoms with van der Waals surface area (Å²) in [5.74, 6) is -0.671. The van der Waals surface area contributed by atoms with Gasteiger partial charge in [0.05, 0.1) is 5.39 Å². The Morgan fingerprint density at radius 3 is 2.56 bits per heavy atom. The molecule has 2 aromatic carbocycles. The van der Waals surface area contributed by atoms with Crippen LogP contribution in [0.1, 0.15) is 46.5 Å². The minimum atomic E-state index is -0.541. The van der Waals surface area contributed by atoms with E-state index in [1.165, 1.54) is 12.1 Å². The number of benzene rings is 2. The lowest BCUT2D eigenvalue weighted by Crippen LogP contribution is -2.33. The number of unbranched alkanes of at least 4 members (excludes halogenated alkanes) is 2. The Hall–Kier alpha value is -3.55. The van der Waals surface area contributed by atoms with Crippen molar-refractivity contribution in [2.45, 2.75) is 52.1 Å². The highest BCUT2D eigenvalue weighted by Crippen LogP contribution is 2.30. The molecule has 0 unspecified atom stereocenters. The van der Waals surface area contributed by atoms with Gasteiger partial charge in [-0.15, -0.1) is 0 Å². The van der Waals surface area contributed by atoms with Crippen LogP contribution < -0.4 is 15.5 Å². The monoisotopic (exact) mass is 441 g/mol. The van der Waals surface area contributed by atoms with Crippen molar-refractivity contribution in [3.63, 3.8) is 0 Å². The Morgan fingerprint density at radius 2 is 1.81 bits per heavy atom. The van der Waals surface area contributed by atoms with Gasteiger partial charge in [-0.1, -0.05) is 18.6 Å². The first-order valence-corrected chi connectivity index (χ1v) is 10.5. The smallest absolute Gasteiger partial charge is 0.407 e. The van der Waals surface area contributed by atoms with Crippen LogP contribution in [0.2, 0.25) is 0 Å². The van der Waals surface area contributed by atoms with Crippen LogP contribution in [-0.4, -0.2) is 29.3 Å². The zero-order valence-electron chi connectivity index (χ0n) is 18.4. The average molecular weight is 441 g/mol. The predicted octanol–water partition coefficient (Wildman–Crippen LogP) is 4.64. The molecule has 0 saturated heterocycles. The maximum atomic E-state index is 12.6. The van der Waals surface area contributed by atoms with Crippen molar-refractivity contribution >= 4 is 34.0 Å². The number of alkyl carbamates (subject to hydrolysis) is 1. The summed E-state index contributed by atoms with van der Waals surface area (Å²) in [5, 5.41) is 13.4. The van der Waals surface area contributed by atoms with E-state index in [2.05, 4.69) is 5.32 Å². The van der Waals surface area contributed by atoms with Crippen molar-refractivity contribution in [3.05, 3.63) is 46.6 Å². The largest absolute Gasteiger partial charge is 0.507 e. The molecule has 8 nitrogen and oxygen atoms in total. The molecule has 1 amide bonds. The molecule has 0 saturated carbocycles. The van der Waals surface area contributed by atoms with Gasteiger partial charge in [0, 0.05) is 25.1 Å². The van der Waals surface area contributed by atoms with Crippen molar-refractivity contribution in [1.82, 2.24) is 5.32 Å². The van der Waals surface area contributed by atoms with Crippen LogP contribution >= 0.6 is 0 Å². The Kier molecular flexibility index (Phi) is 7.02. The minimum absolute atomic E-state index is 0.0426. The van der Waals surface area contributed by atoms with Gasteiger partial charge in [-0.25, -0.2) is 4.79 Å². The predicted molar refractivity (Wildman–Crippen MR) is 120 cm³/mol. The van der Waals surface area contributed by atoms with Gasteiger partial charge in [0.1, 0.15) is 33.7 Å². The van der Waals surface area contributed by atoms with Gasteiger partial charge >= 0.3 is 12.1 Å². The number of hydrogen-bond acceptors (Lipinski definition) is 7. The molecule has 3 rings (SSSR count). The molecule has 0 aliphatic heterocycles. The van der Waals surface area contributed by atoms with Gasteiger partial charge in [-0.05, 0) is 45.7 Å². The van der Waals surface area contributed by atoms with Crippen LogP contribution in [0.25, 0.3) is 21.9 Å². The fourth-order valence-electron chi connectivity index (χ4n) is 3.20. The zero-order valence-corrected chi connectivity index (χ0v) is 18.4. The van der Waals surface area contributed by atoms with Crippen molar-refractivity contribution < 1.29 is 28.6 Å². The third-order valence-corrected chi connectivity index (χ3v) is 4.59. The summed E-state index contributed by atoms with van der Waals surface area (Å²) < 4.78 is 16.2. The Bertz CT molecular complexity index is 1190. The number of carbonyl (C=O) groups is 2. The molecule has 2 N–H and O–H groups in total. The van der Waals surface area contributed by atoms with E-state index in [0.29, 0.717) is 36.8 Å². The highest BCUT2D eigenvalue weighted by Gasteiger charge is 2.16. The topological polar surface area (TPSA) is 115 Å². The molecule has 0 aliphatic carbocycles. The minimum Gasteiger partial charge on any atom is -0.507 e. The molecule has 0 aliphatic rings. The van der Waals surface area contributed by atoms with Gasteiger partial charge in [0.2, 0.25) is 5.43 Å². The second-order valence-electron chi connectivity index (χ2n) is 8.46. The third-order valence-electron chi connectivity index (χ3n) is 4.59. The molecule has 0 atom stereocenters. The number of phenols is 1. The first-order valence-electron chi connectivity index (χ1n) is 10.5. The van der Waals surface area contributed by atoms with Crippen molar-refractivity contribution in [2.75, 3.05) is 6.54 Å². The van der Waals surface area contributed by atoms with E-state index < -0.39 is 17.7 Å². The van der Waals surface area contributed by atoms with Gasteiger partial charge < -0.3 is 24.3 Å². The molecule has 0 bridgehead atoms. The summed E-state index contributed by atoms with van der Waals surface area (Å²) >= 11 is 0. The second kappa shape index (κ2) is 9.72. The summed E-state index contributed by atoms with van der Waals surface area (Å²) in [6.45, 7) is 5.84. The number of nitrogens with one attached hydrogen (secondary N) is 1. The van der Waals surface area contributed by atoms with E-state index >= 15 is 0 Å². The van der Waals surface area contributed by atoms with Gasteiger partial charge in [-0.2, -0.15) is 0 Å². The molecule has 0 radical (unpaired) electrons. The average Bonchev–Trinajstić information content (AvgIpc) is 2.69. The van der Waals surface area contributed by atoms with Crippen LogP contribution in [0.5, 0.6) is 11.5 Å². The van der Waals surface area contributed by atoms with Crippen LogP contribution in [0, 0.1) is 0 Å². The first-order chi connectivity index (χ1) is 15.1. The molecule has 170 valence electrons. The number of carbonyl (C=O) groups excluding carboxylic acids is 2. The Balaban J connectivity index is 1.52. The van der Waals surface area contributed by atoms with Crippen LogP contribution in [0.15, 0.2) is 45.6 Å². The lowest BCUT2D eigenvalue weighted by molar-refractivity contribution is -0.134. The molecule has 0 fully saturated rings. The van der Waals surface area contributed by atoms with Crippen molar-refractivity contribution in [2.24, 2.45) is 0 Å². The molecule has 1 heterocycles. The Morgan fingerprint density at radius 1 is 1.06 bits per heavy atom. The van der Waals surface area contributed by atoms with E-state index in [4.69, 9.17) is 13.9 Å². The lowest BCUT2D eigenvalue weighted by Gasteiger charge is -2.19. The normalized spacial score (nSPS) is 11.5. The number of hydrogen-bond donors (Lipinski definition) is 2. The SMILES string of the molecule is CC(C)(C)OC(=O)NCCCCCC(=O)Oc1cc(O)c2c(=O)c3ccccc3oc2c1. The number of esters is 1. The van der Waals surface area contributed by atoms with Crippen molar-refractivity contribution in [3.8, 4) is 11.5 Å². The van der Waals surface area contributed by atoms with Gasteiger partial charge in [-0.3, -0.25) is 9.59 Å². The standard InChI is InChI=1S/C24H27NO7/c1-24(2,3)32-23(29)25-12-8-4-5-11-20(27)30-15-13-17(26)21-19(14-15)31-18-10-7-6-9-16(18)22(21)28/h6-7,9-10,13-14,26H,4-5,8,11-12H2,1-3H3,(H,25,29). The molecule has 8 heteroatoms. The molecule has 1 aromatic heterocycles. The Labute approximate surface area is 185 Å². The van der Waals surface area contributed by atoms with Crippen molar-refractivity contribution in [1.29, 1.82) is 0 Å². The van der Waals surface area contributed by atoms with Crippen LogP contribution in [0.4, 0.5) is 4.79 Å². The number of aromatic hydroxyl groups is 1. The number of phenolic OH excluding ortho intramolecular Hbond substituents is 1. The fraction of sp³-hybridized carbons (Fsp3) is 0.375. The molecule has 32 heavy (non-hydrogen) atoms. The summed E-state index contributed by atoms with van der Waals surface area (Å²) in [4.78, 5) is 36.3. The van der Waals surface area contributed by atoms with E-state index in [1.54, 1.807) is 45.0 Å². The number of ether oxygens (including phenoxy) is 2. The molecule has 0 spiro atoms. The quantitative estimate of drug-likeness (QED) is 0.237. The van der Waals surface area contributed by atoms with E-state index in [1.807, 2.05) is 0 Å². The number of rotatable bonds is 7. The summed E-state index contributed by atoms with van der Waals surface area (Å²) in [6.07, 6.45) is 1.70. The van der Waals surface area contributed by atoms with Crippen LogP contribution in [-0.2, 0) is 9.53 Å². The molecular weight excluding hydrogens is 414 g/mol. The maximum absolute atomic E-state index is 12.6. The zero-order chi connectivity index (χ0) is 23.3. The summed E-state index contributed by atoms with van der Waals surface area (Å²) in [7, 11) is 0.